The van der Waals surface area contributed by atoms with E-state index in [1.165, 1.54) is 0 Å². The normalized spacial score (nSPS) is 17.7. The molecule has 6 nitrogen and oxygen atoms in total. The van der Waals surface area contributed by atoms with Crippen LogP contribution in [0.5, 0.6) is 5.75 Å². The fraction of sp³-hybridized carbons (Fsp3) is 0.429. The number of ether oxygens (including phenoxy) is 1. The van der Waals surface area contributed by atoms with Crippen LogP contribution in [0.1, 0.15) is 23.2 Å². The molecule has 2 fully saturated rings. The highest BCUT2D eigenvalue weighted by atomic mass is 16.5. The Morgan fingerprint density at radius 1 is 1.04 bits per heavy atom. The molecule has 0 aromatic heterocycles. The van der Waals surface area contributed by atoms with Crippen LogP contribution in [0.2, 0.25) is 0 Å². The SMILES string of the molecule is COc1ccc2cc(C(=O)N3CCN(CC(=O)NC4CC4)CC3)ccc2c1. The Kier molecular flexibility index (Phi) is 4.99. The summed E-state index contributed by atoms with van der Waals surface area (Å²) in [6.07, 6.45) is 2.21. The number of carbonyl (C=O) groups excluding carboxylic acids is 2. The van der Waals surface area contributed by atoms with Gasteiger partial charge in [0.15, 0.2) is 0 Å². The molecule has 1 aliphatic carbocycles. The number of benzene rings is 2. The molecule has 0 bridgehead atoms. The van der Waals surface area contributed by atoms with Crippen LogP contribution >= 0.6 is 0 Å². The largest absolute Gasteiger partial charge is 0.497 e. The van der Waals surface area contributed by atoms with Gasteiger partial charge in [0.2, 0.25) is 5.91 Å². The fourth-order valence-corrected chi connectivity index (χ4v) is 3.48. The van der Waals surface area contributed by atoms with Crippen LogP contribution in [0.3, 0.4) is 0 Å². The van der Waals surface area contributed by atoms with Crippen LogP contribution in [-0.4, -0.2) is 67.5 Å². The molecule has 2 aromatic carbocycles. The number of amides is 2. The molecule has 4 rings (SSSR count). The van der Waals surface area contributed by atoms with Gasteiger partial charge in [-0.05, 0) is 47.9 Å². The zero-order valence-corrected chi connectivity index (χ0v) is 15.6. The second kappa shape index (κ2) is 7.56. The predicted octanol–water partition coefficient (Wildman–Crippen LogP) is 1.88. The van der Waals surface area contributed by atoms with Gasteiger partial charge in [-0.1, -0.05) is 12.1 Å². The third-order valence-corrected chi connectivity index (χ3v) is 5.26. The van der Waals surface area contributed by atoms with Crippen molar-refractivity contribution in [3.8, 4) is 5.75 Å². The smallest absolute Gasteiger partial charge is 0.253 e. The van der Waals surface area contributed by atoms with Crippen molar-refractivity contribution in [1.82, 2.24) is 15.1 Å². The van der Waals surface area contributed by atoms with E-state index in [1.807, 2.05) is 41.3 Å². The highest BCUT2D eigenvalue weighted by molar-refractivity contribution is 5.99. The Bertz CT molecular complexity index is 855. The molecule has 0 atom stereocenters. The molecule has 1 N–H and O–H groups in total. The standard InChI is InChI=1S/C21H25N3O3/c1-27-19-7-4-15-12-17(3-2-16(15)13-19)21(26)24-10-8-23(9-11-24)14-20(25)22-18-5-6-18/h2-4,7,12-13,18H,5-6,8-11,14H2,1H3,(H,22,25). The van der Waals surface area contributed by atoms with E-state index in [0.29, 0.717) is 31.2 Å². The molecule has 1 saturated heterocycles. The van der Waals surface area contributed by atoms with E-state index >= 15 is 0 Å². The van der Waals surface area contributed by atoms with Crippen LogP contribution in [0.15, 0.2) is 36.4 Å². The first kappa shape index (κ1) is 17.8. The first-order valence-corrected chi connectivity index (χ1v) is 9.51. The lowest BCUT2D eigenvalue weighted by Crippen LogP contribution is -2.51. The monoisotopic (exact) mass is 367 g/mol. The van der Waals surface area contributed by atoms with Crippen molar-refractivity contribution < 1.29 is 14.3 Å². The Labute approximate surface area is 159 Å². The Morgan fingerprint density at radius 2 is 1.74 bits per heavy atom. The number of nitrogens with zero attached hydrogens (tertiary/aromatic N) is 2. The van der Waals surface area contributed by atoms with Crippen molar-refractivity contribution in [2.45, 2.75) is 18.9 Å². The maximum Gasteiger partial charge on any atom is 0.253 e. The summed E-state index contributed by atoms with van der Waals surface area (Å²) in [6.45, 7) is 3.19. The highest BCUT2D eigenvalue weighted by Gasteiger charge is 2.26. The summed E-state index contributed by atoms with van der Waals surface area (Å²) in [5.41, 5.74) is 0.701. The molecule has 2 aromatic rings. The lowest BCUT2D eigenvalue weighted by atomic mass is 10.1. The van der Waals surface area contributed by atoms with Crippen molar-refractivity contribution in [2.24, 2.45) is 0 Å². The first-order chi connectivity index (χ1) is 13.1. The molecule has 1 aliphatic heterocycles. The molecule has 6 heteroatoms. The molecule has 2 amide bonds. The number of hydrogen-bond acceptors (Lipinski definition) is 4. The van der Waals surface area contributed by atoms with E-state index < -0.39 is 0 Å². The summed E-state index contributed by atoms with van der Waals surface area (Å²) in [5.74, 6) is 0.959. The van der Waals surface area contributed by atoms with Crippen LogP contribution in [0.4, 0.5) is 0 Å². The van der Waals surface area contributed by atoms with Crippen LogP contribution in [0, 0.1) is 0 Å². The number of nitrogens with one attached hydrogen (secondary N) is 1. The summed E-state index contributed by atoms with van der Waals surface area (Å²) in [5, 5.41) is 5.09. The summed E-state index contributed by atoms with van der Waals surface area (Å²) >= 11 is 0. The third kappa shape index (κ3) is 4.22. The Balaban J connectivity index is 1.35. The van der Waals surface area contributed by atoms with Crippen LogP contribution in [0.25, 0.3) is 10.8 Å². The average molecular weight is 367 g/mol. The maximum absolute atomic E-state index is 12.9. The van der Waals surface area contributed by atoms with Gasteiger partial charge in [-0.2, -0.15) is 0 Å². The summed E-state index contributed by atoms with van der Waals surface area (Å²) < 4.78 is 5.25. The molecule has 0 spiro atoms. The quantitative estimate of drug-likeness (QED) is 0.877. The van der Waals surface area contributed by atoms with Gasteiger partial charge in [-0.3, -0.25) is 14.5 Å². The van der Waals surface area contributed by atoms with E-state index in [0.717, 1.165) is 42.5 Å². The minimum atomic E-state index is 0.0507. The number of fused-ring (bicyclic) bond motifs is 1. The van der Waals surface area contributed by atoms with Crippen molar-refractivity contribution in [1.29, 1.82) is 0 Å². The summed E-state index contributed by atoms with van der Waals surface area (Å²) in [7, 11) is 1.65. The van der Waals surface area contributed by atoms with Gasteiger partial charge in [-0.15, -0.1) is 0 Å². The first-order valence-electron chi connectivity index (χ1n) is 9.51. The molecule has 0 radical (unpaired) electrons. The van der Waals surface area contributed by atoms with Gasteiger partial charge in [0.25, 0.3) is 5.91 Å². The van der Waals surface area contributed by atoms with Crippen LogP contribution < -0.4 is 10.1 Å². The molecule has 0 unspecified atom stereocenters. The van der Waals surface area contributed by atoms with Gasteiger partial charge in [-0.25, -0.2) is 0 Å². The van der Waals surface area contributed by atoms with Gasteiger partial charge in [0, 0.05) is 37.8 Å². The zero-order valence-electron chi connectivity index (χ0n) is 15.6. The minimum absolute atomic E-state index is 0.0507. The number of piperazine rings is 1. The predicted molar refractivity (Wildman–Crippen MR) is 104 cm³/mol. The molecule has 27 heavy (non-hydrogen) atoms. The molecule has 1 heterocycles. The molecular formula is C21H25N3O3. The number of hydrogen-bond donors (Lipinski definition) is 1. The molecule has 2 aliphatic rings. The molecular weight excluding hydrogens is 342 g/mol. The van der Waals surface area contributed by atoms with E-state index in [1.54, 1.807) is 7.11 Å². The lowest BCUT2D eigenvalue weighted by molar-refractivity contribution is -0.122. The highest BCUT2D eigenvalue weighted by Crippen LogP contribution is 2.23. The average Bonchev–Trinajstić information content (AvgIpc) is 3.51. The van der Waals surface area contributed by atoms with Crippen LogP contribution in [-0.2, 0) is 4.79 Å². The van der Waals surface area contributed by atoms with Gasteiger partial charge >= 0.3 is 0 Å². The minimum Gasteiger partial charge on any atom is -0.497 e. The number of rotatable bonds is 5. The molecule has 1 saturated carbocycles. The Hall–Kier alpha value is -2.60. The number of methoxy groups -OCH3 is 1. The van der Waals surface area contributed by atoms with Crippen molar-refractivity contribution in [2.75, 3.05) is 39.8 Å². The van der Waals surface area contributed by atoms with Crippen molar-refractivity contribution in [3.63, 3.8) is 0 Å². The fourth-order valence-electron chi connectivity index (χ4n) is 3.48. The maximum atomic E-state index is 12.9. The van der Waals surface area contributed by atoms with E-state index in [4.69, 9.17) is 4.74 Å². The summed E-state index contributed by atoms with van der Waals surface area (Å²) in [4.78, 5) is 28.8. The lowest BCUT2D eigenvalue weighted by Gasteiger charge is -2.34. The van der Waals surface area contributed by atoms with Crippen molar-refractivity contribution in [3.05, 3.63) is 42.0 Å². The topological polar surface area (TPSA) is 61.9 Å². The van der Waals surface area contributed by atoms with Gasteiger partial charge in [0.05, 0.1) is 13.7 Å². The summed E-state index contributed by atoms with van der Waals surface area (Å²) in [6, 6.07) is 12.0. The second-order valence-corrected chi connectivity index (χ2v) is 7.34. The van der Waals surface area contributed by atoms with Gasteiger partial charge < -0.3 is 15.0 Å². The molecule has 142 valence electrons. The van der Waals surface area contributed by atoms with Gasteiger partial charge in [0.1, 0.15) is 5.75 Å². The zero-order chi connectivity index (χ0) is 18.8. The van der Waals surface area contributed by atoms with E-state index in [-0.39, 0.29) is 11.8 Å². The van der Waals surface area contributed by atoms with Crippen molar-refractivity contribution >= 4 is 22.6 Å². The van der Waals surface area contributed by atoms with E-state index in [9.17, 15) is 9.59 Å². The second-order valence-electron chi connectivity index (χ2n) is 7.34. The van der Waals surface area contributed by atoms with E-state index in [2.05, 4.69) is 10.2 Å². The third-order valence-electron chi connectivity index (χ3n) is 5.26. The Morgan fingerprint density at radius 3 is 2.44 bits per heavy atom. The number of carbonyl (C=O) groups is 2.